The Morgan fingerprint density at radius 1 is 1.31 bits per heavy atom. The third-order valence-electron chi connectivity index (χ3n) is 2.44. The fraction of sp³-hybridized carbons (Fsp3) is 0.462. The van der Waals surface area contributed by atoms with Gasteiger partial charge in [0.1, 0.15) is 0 Å². The summed E-state index contributed by atoms with van der Waals surface area (Å²) in [5, 5.41) is 3.25. The van der Waals surface area contributed by atoms with Gasteiger partial charge in [-0.2, -0.15) is 0 Å². The van der Waals surface area contributed by atoms with Crippen LogP contribution in [0.4, 0.5) is 0 Å². The topological polar surface area (TPSA) is 50.4 Å². The van der Waals surface area contributed by atoms with Crippen LogP contribution in [0.25, 0.3) is 0 Å². The minimum Gasteiger partial charge on any atom is -0.370 e. The number of rotatable bonds is 5. The van der Waals surface area contributed by atoms with Gasteiger partial charge < -0.3 is 11.1 Å². The quantitative estimate of drug-likeness (QED) is 0.590. The Bertz CT molecular complexity index is 319. The second-order valence-corrected chi connectivity index (χ2v) is 3.78. The minimum absolute atomic E-state index is 0.252. The number of nitrogens with two attached hydrogens (primary N) is 1. The van der Waals surface area contributed by atoms with E-state index in [1.165, 1.54) is 5.56 Å². The lowest BCUT2D eigenvalue weighted by Crippen LogP contribution is -2.35. The Labute approximate surface area is 97.8 Å². The molecule has 0 fully saturated rings. The molecule has 3 heteroatoms. The van der Waals surface area contributed by atoms with Crippen molar-refractivity contribution in [2.24, 2.45) is 10.7 Å². The molecule has 3 N–H and O–H groups in total. The summed E-state index contributed by atoms with van der Waals surface area (Å²) >= 11 is 0. The van der Waals surface area contributed by atoms with Crippen LogP contribution < -0.4 is 11.1 Å². The molecule has 0 aromatic heterocycles. The van der Waals surface area contributed by atoms with Crippen molar-refractivity contribution in [3.63, 3.8) is 0 Å². The first kappa shape index (κ1) is 12.6. The molecular formula is C13H21N3. The Morgan fingerprint density at radius 2 is 2.00 bits per heavy atom. The van der Waals surface area contributed by atoms with Gasteiger partial charge in [0.25, 0.3) is 0 Å². The van der Waals surface area contributed by atoms with Crippen LogP contribution in [0.5, 0.6) is 0 Å². The molecule has 16 heavy (non-hydrogen) atoms. The van der Waals surface area contributed by atoms with Crippen molar-refractivity contribution >= 4 is 5.96 Å². The molecule has 1 rings (SSSR count). The van der Waals surface area contributed by atoms with Crippen LogP contribution in [0.1, 0.15) is 38.3 Å². The number of nitrogens with zero attached hydrogens (tertiary/aromatic N) is 1. The summed E-state index contributed by atoms with van der Waals surface area (Å²) < 4.78 is 0. The molecule has 88 valence electrons. The molecule has 3 nitrogen and oxygen atoms in total. The zero-order valence-electron chi connectivity index (χ0n) is 10.1. The lowest BCUT2D eigenvalue weighted by atomic mass is 10.1. The SMILES string of the molecule is CCCN=C(N)NC(CC)c1ccccc1. The van der Waals surface area contributed by atoms with E-state index >= 15 is 0 Å². The number of hydrogen-bond acceptors (Lipinski definition) is 1. The molecule has 0 saturated heterocycles. The first-order chi connectivity index (χ1) is 7.77. The first-order valence-electron chi connectivity index (χ1n) is 5.89. The van der Waals surface area contributed by atoms with Gasteiger partial charge >= 0.3 is 0 Å². The third kappa shape index (κ3) is 3.93. The van der Waals surface area contributed by atoms with Crippen molar-refractivity contribution in [2.45, 2.75) is 32.7 Å². The van der Waals surface area contributed by atoms with Crippen molar-refractivity contribution in [1.29, 1.82) is 0 Å². The van der Waals surface area contributed by atoms with E-state index in [0.717, 1.165) is 19.4 Å². The second-order valence-electron chi connectivity index (χ2n) is 3.78. The molecule has 0 saturated carbocycles. The Balaban J connectivity index is 2.62. The Kier molecular flexibility index (Phi) is 5.40. The molecule has 0 spiro atoms. The van der Waals surface area contributed by atoms with Crippen LogP contribution in [-0.2, 0) is 0 Å². The highest BCUT2D eigenvalue weighted by Crippen LogP contribution is 2.15. The third-order valence-corrected chi connectivity index (χ3v) is 2.44. The maximum absolute atomic E-state index is 5.81. The molecule has 1 atom stereocenters. The van der Waals surface area contributed by atoms with Gasteiger partial charge in [-0.3, -0.25) is 4.99 Å². The van der Waals surface area contributed by atoms with Crippen molar-refractivity contribution < 1.29 is 0 Å². The average Bonchev–Trinajstić information content (AvgIpc) is 2.34. The van der Waals surface area contributed by atoms with Crippen LogP contribution in [0.15, 0.2) is 35.3 Å². The molecule has 0 heterocycles. The fourth-order valence-corrected chi connectivity index (χ4v) is 1.56. The van der Waals surface area contributed by atoms with Crippen LogP contribution >= 0.6 is 0 Å². The van der Waals surface area contributed by atoms with E-state index in [9.17, 15) is 0 Å². The van der Waals surface area contributed by atoms with E-state index in [1.807, 2.05) is 18.2 Å². The van der Waals surface area contributed by atoms with Crippen LogP contribution in [0.3, 0.4) is 0 Å². The number of aliphatic imine (C=N–C) groups is 1. The van der Waals surface area contributed by atoms with Gasteiger partial charge in [-0.25, -0.2) is 0 Å². The summed E-state index contributed by atoms with van der Waals surface area (Å²) in [5.74, 6) is 0.539. The van der Waals surface area contributed by atoms with Crippen molar-refractivity contribution in [2.75, 3.05) is 6.54 Å². The molecule has 0 aliphatic heterocycles. The summed E-state index contributed by atoms with van der Waals surface area (Å²) in [6.45, 7) is 5.01. The normalized spacial score (nSPS) is 13.5. The lowest BCUT2D eigenvalue weighted by Gasteiger charge is -2.17. The predicted molar refractivity (Wildman–Crippen MR) is 69.4 cm³/mol. The average molecular weight is 219 g/mol. The fourth-order valence-electron chi connectivity index (χ4n) is 1.56. The molecule has 1 unspecified atom stereocenters. The highest BCUT2D eigenvalue weighted by molar-refractivity contribution is 5.78. The van der Waals surface area contributed by atoms with E-state index in [4.69, 9.17) is 5.73 Å². The standard InChI is InChI=1S/C13H21N3/c1-3-10-15-13(14)16-12(4-2)11-8-6-5-7-9-11/h5-9,12H,3-4,10H2,1-2H3,(H3,14,15,16). The molecule has 0 aliphatic carbocycles. The zero-order chi connectivity index (χ0) is 11.8. The molecule has 1 aromatic rings. The largest absolute Gasteiger partial charge is 0.370 e. The van der Waals surface area contributed by atoms with Crippen molar-refractivity contribution in [3.05, 3.63) is 35.9 Å². The highest BCUT2D eigenvalue weighted by atomic mass is 15.1. The zero-order valence-corrected chi connectivity index (χ0v) is 10.1. The molecule has 0 amide bonds. The summed E-state index contributed by atoms with van der Waals surface area (Å²) in [4.78, 5) is 4.24. The smallest absolute Gasteiger partial charge is 0.189 e. The van der Waals surface area contributed by atoms with E-state index in [2.05, 4.69) is 36.3 Å². The maximum atomic E-state index is 5.81. The van der Waals surface area contributed by atoms with Gasteiger partial charge in [0.05, 0.1) is 6.04 Å². The van der Waals surface area contributed by atoms with E-state index in [-0.39, 0.29) is 6.04 Å². The molecule has 0 bridgehead atoms. The molecule has 0 radical (unpaired) electrons. The molecule has 0 aliphatic rings. The van der Waals surface area contributed by atoms with Gasteiger partial charge in [-0.15, -0.1) is 0 Å². The van der Waals surface area contributed by atoms with Crippen molar-refractivity contribution in [3.8, 4) is 0 Å². The first-order valence-corrected chi connectivity index (χ1v) is 5.89. The van der Waals surface area contributed by atoms with E-state index < -0.39 is 0 Å². The highest BCUT2D eigenvalue weighted by Gasteiger charge is 2.08. The Morgan fingerprint density at radius 3 is 2.56 bits per heavy atom. The molecular weight excluding hydrogens is 198 g/mol. The van der Waals surface area contributed by atoms with Crippen molar-refractivity contribution in [1.82, 2.24) is 5.32 Å². The molecule has 1 aromatic carbocycles. The summed E-state index contributed by atoms with van der Waals surface area (Å²) in [6.07, 6.45) is 2.01. The van der Waals surface area contributed by atoms with E-state index in [0.29, 0.717) is 5.96 Å². The van der Waals surface area contributed by atoms with Gasteiger partial charge in [0.15, 0.2) is 5.96 Å². The van der Waals surface area contributed by atoms with Gasteiger partial charge in [-0.1, -0.05) is 44.2 Å². The number of nitrogens with one attached hydrogen (secondary N) is 1. The number of hydrogen-bond donors (Lipinski definition) is 2. The predicted octanol–water partition coefficient (Wildman–Crippen LogP) is 2.45. The monoisotopic (exact) mass is 219 g/mol. The Hall–Kier alpha value is -1.51. The second kappa shape index (κ2) is 6.88. The van der Waals surface area contributed by atoms with Crippen LogP contribution in [-0.4, -0.2) is 12.5 Å². The minimum atomic E-state index is 0.252. The summed E-state index contributed by atoms with van der Waals surface area (Å²) in [6, 6.07) is 10.6. The van der Waals surface area contributed by atoms with Gasteiger partial charge in [0, 0.05) is 6.54 Å². The summed E-state index contributed by atoms with van der Waals surface area (Å²) in [7, 11) is 0. The number of benzene rings is 1. The number of guanidine groups is 1. The lowest BCUT2D eigenvalue weighted by molar-refractivity contribution is 0.620. The van der Waals surface area contributed by atoms with Gasteiger partial charge in [-0.05, 0) is 18.4 Å². The summed E-state index contributed by atoms with van der Waals surface area (Å²) in [5.41, 5.74) is 7.06. The van der Waals surface area contributed by atoms with Crippen LogP contribution in [0, 0.1) is 0 Å². The van der Waals surface area contributed by atoms with E-state index in [1.54, 1.807) is 0 Å². The van der Waals surface area contributed by atoms with Crippen LogP contribution in [0.2, 0.25) is 0 Å². The maximum Gasteiger partial charge on any atom is 0.189 e. The van der Waals surface area contributed by atoms with Gasteiger partial charge in [0.2, 0.25) is 0 Å².